The van der Waals surface area contributed by atoms with Gasteiger partial charge in [-0.3, -0.25) is 57.5 Å². The molecule has 0 spiro atoms. The van der Waals surface area contributed by atoms with E-state index in [0.29, 0.717) is 5.56 Å². The summed E-state index contributed by atoms with van der Waals surface area (Å²) >= 11 is 0. The second-order valence-electron chi connectivity index (χ2n) is 18.6. The van der Waals surface area contributed by atoms with Crippen LogP contribution in [0.25, 0.3) is 0 Å². The first-order valence-corrected chi connectivity index (χ1v) is 24.3. The topological polar surface area (TPSA) is 478 Å². The highest BCUT2D eigenvalue weighted by Crippen LogP contribution is 2.12. The number of aliphatic hydroxyl groups excluding tert-OH is 4. The molecule has 0 aromatic heterocycles. The number of carbonyl (C=O) groups is 12. The largest absolute Gasteiger partial charge is 0.480 e. The average molecular weight is 1080 g/mol. The van der Waals surface area contributed by atoms with Gasteiger partial charge in [-0.15, -0.1) is 0 Å². The number of amides is 11. The Morgan fingerprint density at radius 3 is 1.41 bits per heavy atom. The molecule has 76 heavy (non-hydrogen) atoms. The molecule has 1 aromatic carbocycles. The summed E-state index contributed by atoms with van der Waals surface area (Å²) in [6.07, 6.45) is -5.58. The lowest BCUT2D eigenvalue weighted by atomic mass is 9.96. The summed E-state index contributed by atoms with van der Waals surface area (Å²) in [7, 11) is 0. The van der Waals surface area contributed by atoms with Gasteiger partial charge in [0.15, 0.2) is 0 Å². The number of carbonyl (C=O) groups excluding carboxylic acids is 11. The van der Waals surface area contributed by atoms with Crippen LogP contribution in [-0.2, 0) is 64.0 Å². The Morgan fingerprint density at radius 1 is 0.513 bits per heavy atom. The number of primary amides is 1. The molecule has 0 bridgehead atoms. The number of hydrogen-bond acceptors (Lipinski definition) is 17. The third kappa shape index (κ3) is 22.2. The van der Waals surface area contributed by atoms with Gasteiger partial charge < -0.3 is 90.2 Å². The molecule has 0 heterocycles. The predicted octanol–water partition coefficient (Wildman–Crippen LogP) is -7.13. The molecular formula is C47H76N12O17. The number of rotatable bonds is 32. The first-order chi connectivity index (χ1) is 35.4. The Labute approximate surface area is 438 Å². The van der Waals surface area contributed by atoms with Gasteiger partial charge in [-0.25, -0.2) is 0 Å². The van der Waals surface area contributed by atoms with E-state index in [2.05, 4.69) is 53.2 Å². The van der Waals surface area contributed by atoms with Gasteiger partial charge in [0.05, 0.1) is 37.9 Å². The number of carboxylic acids is 1. The molecule has 1 rings (SSSR count). The zero-order valence-corrected chi connectivity index (χ0v) is 43.9. The lowest BCUT2D eigenvalue weighted by Gasteiger charge is -2.31. The molecule has 29 nitrogen and oxygen atoms in total. The van der Waals surface area contributed by atoms with Crippen LogP contribution in [0, 0.1) is 11.8 Å². The van der Waals surface area contributed by atoms with Crippen molar-refractivity contribution in [2.75, 3.05) is 13.2 Å². The Balaban J connectivity index is 3.23. The SMILES string of the molecule is CC[C@H](C)[C@H](NC(=O)[C@@H](NC(=O)[C@@H](NC(=O)[C@@H](NC(=O)[C@H](C)NC(=O)CNC(=O)[C@@H](NC(=O)[C@@H](N)CO)[C@@H](C)O)C(C)C)[C@@H](C)O)[C@@H](C)O)C(=O)N[C@@H](CC(N)=O)C(=O)N[C@@H](Cc1ccccc1)C(=O)N[C@@H](C)C(=O)O. The highest BCUT2D eigenvalue weighted by Gasteiger charge is 2.39. The number of benzene rings is 1. The van der Waals surface area contributed by atoms with Crippen LogP contribution in [0.1, 0.15) is 80.7 Å². The first-order valence-electron chi connectivity index (χ1n) is 24.3. The number of nitrogens with one attached hydrogen (secondary N) is 10. The van der Waals surface area contributed by atoms with E-state index in [4.69, 9.17) is 16.6 Å². The Hall–Kier alpha value is -7.34. The Bertz CT molecular complexity index is 2200. The number of nitrogens with two attached hydrogens (primary N) is 2. The predicted molar refractivity (Wildman–Crippen MR) is 268 cm³/mol. The molecule has 19 N–H and O–H groups in total. The van der Waals surface area contributed by atoms with Crippen molar-refractivity contribution in [1.29, 1.82) is 0 Å². The smallest absolute Gasteiger partial charge is 0.325 e. The van der Waals surface area contributed by atoms with Crippen LogP contribution >= 0.6 is 0 Å². The van der Waals surface area contributed by atoms with Crippen LogP contribution in [0.2, 0.25) is 0 Å². The molecule has 11 amide bonds. The van der Waals surface area contributed by atoms with Crippen LogP contribution in [-0.4, -0.2) is 188 Å². The van der Waals surface area contributed by atoms with Crippen molar-refractivity contribution in [2.24, 2.45) is 23.3 Å². The standard InChI is InChI=1S/C47H76N12O17/c1-10-21(4)34(44(72)54-30(17-31(49)64)41(69)53-29(16-27-14-12-11-13-15-27)40(68)52-23(6)47(75)76)56-45(73)36(25(8)62)59-46(74)37(26(9)63)58-43(71)33(20(2)3)55-38(66)22(5)51-32(65)18-50-42(70)35(24(7)61)57-39(67)28(48)19-60/h11-15,20-26,28-30,33-37,60-63H,10,16-19,48H2,1-9H3,(H2,49,64)(H,50,70)(H,51,65)(H,52,68)(H,53,69)(H,54,72)(H,55,66)(H,56,73)(H,57,67)(H,58,71)(H,59,74)(H,75,76)/t21-,22-,23-,24+,25+,26+,28-,29-,30-,33-,34-,35-,36-,37-/m0/s1. The summed E-state index contributed by atoms with van der Waals surface area (Å²) in [5, 5.41) is 72.8. The summed E-state index contributed by atoms with van der Waals surface area (Å²) in [6.45, 7) is 10.5. The van der Waals surface area contributed by atoms with Crippen LogP contribution in [0.15, 0.2) is 30.3 Å². The Morgan fingerprint density at radius 2 is 0.947 bits per heavy atom. The van der Waals surface area contributed by atoms with Crippen LogP contribution in [0.3, 0.4) is 0 Å². The maximum absolute atomic E-state index is 14.0. The monoisotopic (exact) mass is 1080 g/mol. The highest BCUT2D eigenvalue weighted by molar-refractivity contribution is 5.99. The maximum Gasteiger partial charge on any atom is 0.325 e. The third-order valence-electron chi connectivity index (χ3n) is 11.6. The fraction of sp³-hybridized carbons (Fsp3) is 0.617. The van der Waals surface area contributed by atoms with Crippen LogP contribution < -0.4 is 64.6 Å². The number of carboxylic acid groups (broad SMARTS) is 1. The second-order valence-corrected chi connectivity index (χ2v) is 18.6. The molecule has 0 saturated heterocycles. The minimum absolute atomic E-state index is 0.148. The molecule has 0 aliphatic carbocycles. The zero-order chi connectivity index (χ0) is 58.3. The minimum atomic E-state index is -1.88. The van der Waals surface area contributed by atoms with E-state index in [1.54, 1.807) is 37.3 Å². The van der Waals surface area contributed by atoms with Gasteiger partial charge in [-0.2, -0.15) is 0 Å². The first kappa shape index (κ1) is 66.7. The van der Waals surface area contributed by atoms with Gasteiger partial charge in [0.2, 0.25) is 65.0 Å². The van der Waals surface area contributed by atoms with Crippen molar-refractivity contribution >= 4 is 70.9 Å². The zero-order valence-electron chi connectivity index (χ0n) is 43.9. The summed E-state index contributed by atoms with van der Waals surface area (Å²) in [5.41, 5.74) is 11.4. The third-order valence-corrected chi connectivity index (χ3v) is 11.6. The number of aliphatic carboxylic acids is 1. The lowest BCUT2D eigenvalue weighted by molar-refractivity contribution is -0.142. The van der Waals surface area contributed by atoms with E-state index in [1.165, 1.54) is 41.5 Å². The van der Waals surface area contributed by atoms with Crippen molar-refractivity contribution in [3.63, 3.8) is 0 Å². The summed E-state index contributed by atoms with van der Waals surface area (Å²) in [5.74, 6) is -14.1. The molecule has 0 aliphatic heterocycles. The summed E-state index contributed by atoms with van der Waals surface area (Å²) in [4.78, 5) is 156. The van der Waals surface area contributed by atoms with Gasteiger partial charge in [0, 0.05) is 6.42 Å². The van der Waals surface area contributed by atoms with E-state index in [1.807, 2.05) is 0 Å². The quantitative estimate of drug-likeness (QED) is 0.0319. The van der Waals surface area contributed by atoms with E-state index in [9.17, 15) is 78.0 Å². The molecule has 0 fully saturated rings. The van der Waals surface area contributed by atoms with Crippen LogP contribution in [0.5, 0.6) is 0 Å². The van der Waals surface area contributed by atoms with Crippen molar-refractivity contribution in [1.82, 2.24) is 53.2 Å². The van der Waals surface area contributed by atoms with Crippen molar-refractivity contribution in [3.8, 4) is 0 Å². The molecule has 0 saturated carbocycles. The minimum Gasteiger partial charge on any atom is -0.480 e. The second kappa shape index (κ2) is 32.2. The average Bonchev–Trinajstić information content (AvgIpc) is 3.34. The highest BCUT2D eigenvalue weighted by atomic mass is 16.4. The van der Waals surface area contributed by atoms with Crippen molar-refractivity contribution in [3.05, 3.63) is 35.9 Å². The summed E-state index contributed by atoms with van der Waals surface area (Å²) < 4.78 is 0. The van der Waals surface area contributed by atoms with Gasteiger partial charge in [-0.05, 0) is 52.0 Å². The van der Waals surface area contributed by atoms with Crippen LogP contribution in [0.4, 0.5) is 0 Å². The Kier molecular flexibility index (Phi) is 28.2. The van der Waals surface area contributed by atoms with E-state index in [-0.39, 0.29) is 12.8 Å². The van der Waals surface area contributed by atoms with Gasteiger partial charge in [0.25, 0.3) is 0 Å². The molecular weight excluding hydrogens is 1000 g/mol. The number of aliphatic hydroxyl groups is 4. The molecule has 29 heteroatoms. The van der Waals surface area contributed by atoms with E-state index >= 15 is 0 Å². The number of hydrogen-bond donors (Lipinski definition) is 17. The maximum atomic E-state index is 14.0. The lowest BCUT2D eigenvalue weighted by Crippen LogP contribution is -2.64. The fourth-order valence-corrected chi connectivity index (χ4v) is 6.82. The van der Waals surface area contributed by atoms with Crippen molar-refractivity contribution < 1.29 is 83.1 Å². The van der Waals surface area contributed by atoms with Crippen molar-refractivity contribution in [2.45, 2.75) is 160 Å². The van der Waals surface area contributed by atoms with Gasteiger partial charge in [-0.1, -0.05) is 64.4 Å². The molecule has 0 unspecified atom stereocenters. The summed E-state index contributed by atoms with van der Waals surface area (Å²) in [6, 6.07) is -7.27. The normalized spacial score (nSPS) is 16.7. The molecule has 426 valence electrons. The van der Waals surface area contributed by atoms with E-state index in [0.717, 1.165) is 13.8 Å². The molecule has 1 aromatic rings. The van der Waals surface area contributed by atoms with Gasteiger partial charge >= 0.3 is 5.97 Å². The van der Waals surface area contributed by atoms with E-state index < -0.39 is 181 Å². The fourth-order valence-electron chi connectivity index (χ4n) is 6.82. The molecule has 0 aliphatic rings. The molecule has 0 radical (unpaired) electrons. The van der Waals surface area contributed by atoms with Gasteiger partial charge in [0.1, 0.15) is 60.4 Å². The molecule has 14 atom stereocenters.